The number of hydrogen-bond donors (Lipinski definition) is 1. The number of hydrogen-bond acceptors (Lipinski definition) is 6. The zero-order valence-electron chi connectivity index (χ0n) is 19.1. The van der Waals surface area contributed by atoms with E-state index in [4.69, 9.17) is 9.47 Å². The van der Waals surface area contributed by atoms with Crippen molar-refractivity contribution in [2.75, 3.05) is 69.2 Å². The summed E-state index contributed by atoms with van der Waals surface area (Å²) in [6.07, 6.45) is 3.60. The summed E-state index contributed by atoms with van der Waals surface area (Å²) in [5.41, 5.74) is 2.06. The first-order valence-corrected chi connectivity index (χ1v) is 11.9. The van der Waals surface area contributed by atoms with Crippen LogP contribution in [0.15, 0.2) is 24.3 Å². The van der Waals surface area contributed by atoms with E-state index in [0.717, 1.165) is 64.7 Å². The van der Waals surface area contributed by atoms with Crippen LogP contribution >= 0.6 is 0 Å². The predicted octanol–water partition coefficient (Wildman–Crippen LogP) is 2.43. The molecule has 172 valence electrons. The lowest BCUT2D eigenvalue weighted by atomic mass is 10.1. The van der Waals surface area contributed by atoms with Gasteiger partial charge in [-0.3, -0.25) is 14.6 Å². The Bertz CT molecular complexity index is 697. The lowest BCUT2D eigenvalue weighted by Crippen LogP contribution is -2.50. The van der Waals surface area contributed by atoms with Gasteiger partial charge in [-0.1, -0.05) is 0 Å². The van der Waals surface area contributed by atoms with E-state index in [9.17, 15) is 4.79 Å². The number of carbonyl (C=O) groups is 1. The second-order valence-electron chi connectivity index (χ2n) is 9.25. The van der Waals surface area contributed by atoms with Gasteiger partial charge in [0.15, 0.2) is 0 Å². The Hall–Kier alpha value is -1.67. The molecule has 4 rings (SSSR count). The molecule has 3 unspecified atom stereocenters. The lowest BCUT2D eigenvalue weighted by Gasteiger charge is -2.38. The average Bonchev–Trinajstić information content (AvgIpc) is 3.19. The summed E-state index contributed by atoms with van der Waals surface area (Å²) in [5.74, 6) is 0.0957. The van der Waals surface area contributed by atoms with Crippen molar-refractivity contribution < 1.29 is 14.3 Å². The monoisotopic (exact) mass is 430 g/mol. The van der Waals surface area contributed by atoms with Gasteiger partial charge in [-0.2, -0.15) is 0 Å². The molecule has 3 fully saturated rings. The summed E-state index contributed by atoms with van der Waals surface area (Å²) in [4.78, 5) is 19.9. The summed E-state index contributed by atoms with van der Waals surface area (Å²) in [5, 5.41) is 3.07. The Morgan fingerprint density at radius 1 is 1.06 bits per heavy atom. The molecule has 3 heterocycles. The number of likely N-dealkylation sites (tertiary alicyclic amines) is 1. The minimum absolute atomic E-state index is 0.0957. The Balaban J connectivity index is 1.21. The van der Waals surface area contributed by atoms with Gasteiger partial charge >= 0.3 is 0 Å². The number of anilines is 2. The highest BCUT2D eigenvalue weighted by molar-refractivity contribution is 5.91. The third-order valence-electron chi connectivity index (χ3n) is 6.62. The highest BCUT2D eigenvalue weighted by atomic mass is 16.5. The molecule has 3 aliphatic heterocycles. The molecule has 0 spiro atoms. The Kier molecular flexibility index (Phi) is 7.82. The van der Waals surface area contributed by atoms with Crippen molar-refractivity contribution in [2.24, 2.45) is 0 Å². The van der Waals surface area contributed by atoms with Gasteiger partial charge in [0.2, 0.25) is 5.91 Å². The van der Waals surface area contributed by atoms with Crippen LogP contribution in [0.25, 0.3) is 0 Å². The van der Waals surface area contributed by atoms with E-state index in [0.29, 0.717) is 24.7 Å². The van der Waals surface area contributed by atoms with Crippen molar-refractivity contribution >= 4 is 17.3 Å². The fraction of sp³-hybridized carbons (Fsp3) is 0.708. The molecule has 7 nitrogen and oxygen atoms in total. The third kappa shape index (κ3) is 6.42. The molecule has 0 radical (unpaired) electrons. The first kappa shape index (κ1) is 22.5. The number of rotatable bonds is 7. The van der Waals surface area contributed by atoms with Crippen LogP contribution in [0, 0.1) is 0 Å². The number of benzene rings is 1. The highest BCUT2D eigenvalue weighted by Gasteiger charge is 2.30. The molecule has 7 heteroatoms. The van der Waals surface area contributed by atoms with Crippen molar-refractivity contribution in [3.05, 3.63) is 24.3 Å². The number of nitrogens with zero attached hydrogens (tertiary/aromatic N) is 3. The van der Waals surface area contributed by atoms with Crippen LogP contribution in [0.2, 0.25) is 0 Å². The summed E-state index contributed by atoms with van der Waals surface area (Å²) in [6, 6.07) is 8.73. The zero-order valence-corrected chi connectivity index (χ0v) is 19.1. The minimum atomic E-state index is 0.0957. The van der Waals surface area contributed by atoms with Gasteiger partial charge in [-0.25, -0.2) is 0 Å². The molecule has 1 aromatic carbocycles. The van der Waals surface area contributed by atoms with Crippen molar-refractivity contribution in [3.8, 4) is 0 Å². The average molecular weight is 431 g/mol. The number of ether oxygens (including phenoxy) is 2. The Morgan fingerprint density at radius 2 is 1.77 bits per heavy atom. The number of morpholine rings is 2. The number of amides is 1. The molecule has 0 aliphatic carbocycles. The molecular formula is C24H38N4O3. The van der Waals surface area contributed by atoms with E-state index >= 15 is 0 Å². The van der Waals surface area contributed by atoms with Crippen LogP contribution in [0.4, 0.5) is 11.4 Å². The fourth-order valence-corrected chi connectivity index (χ4v) is 5.17. The maximum absolute atomic E-state index is 12.5. The molecule has 3 aliphatic rings. The van der Waals surface area contributed by atoms with E-state index in [-0.39, 0.29) is 5.91 Å². The van der Waals surface area contributed by atoms with Gasteiger partial charge in [-0.15, -0.1) is 0 Å². The van der Waals surface area contributed by atoms with E-state index in [2.05, 4.69) is 46.0 Å². The summed E-state index contributed by atoms with van der Waals surface area (Å²) >= 11 is 0. The van der Waals surface area contributed by atoms with Crippen LogP contribution in [-0.2, 0) is 14.3 Å². The van der Waals surface area contributed by atoms with Crippen LogP contribution < -0.4 is 10.2 Å². The molecule has 0 bridgehead atoms. The Labute approximate surface area is 186 Å². The van der Waals surface area contributed by atoms with Gasteiger partial charge in [0.05, 0.1) is 25.4 Å². The molecule has 0 saturated carbocycles. The van der Waals surface area contributed by atoms with Gasteiger partial charge in [0, 0.05) is 63.1 Å². The molecule has 3 atom stereocenters. The smallest absolute Gasteiger partial charge is 0.225 e. The molecule has 1 aromatic rings. The second-order valence-corrected chi connectivity index (χ2v) is 9.25. The molecular weight excluding hydrogens is 392 g/mol. The summed E-state index contributed by atoms with van der Waals surface area (Å²) < 4.78 is 11.3. The Morgan fingerprint density at radius 3 is 2.48 bits per heavy atom. The van der Waals surface area contributed by atoms with E-state index in [1.54, 1.807) is 0 Å². The largest absolute Gasteiger partial charge is 0.378 e. The van der Waals surface area contributed by atoms with Gasteiger partial charge in [-0.05, 0) is 57.5 Å². The van der Waals surface area contributed by atoms with E-state index in [1.807, 2.05) is 12.1 Å². The molecule has 3 saturated heterocycles. The first-order chi connectivity index (χ1) is 15.1. The quantitative estimate of drug-likeness (QED) is 0.717. The van der Waals surface area contributed by atoms with Crippen LogP contribution in [0.5, 0.6) is 0 Å². The van der Waals surface area contributed by atoms with E-state index in [1.165, 1.54) is 18.5 Å². The van der Waals surface area contributed by atoms with Gasteiger partial charge < -0.3 is 19.7 Å². The normalized spacial score (nSPS) is 28.1. The van der Waals surface area contributed by atoms with Crippen molar-refractivity contribution in [3.63, 3.8) is 0 Å². The topological polar surface area (TPSA) is 57.3 Å². The first-order valence-electron chi connectivity index (χ1n) is 11.9. The second kappa shape index (κ2) is 10.8. The van der Waals surface area contributed by atoms with E-state index < -0.39 is 0 Å². The maximum atomic E-state index is 12.5. The van der Waals surface area contributed by atoms with Crippen molar-refractivity contribution in [1.82, 2.24) is 9.80 Å². The minimum Gasteiger partial charge on any atom is -0.378 e. The summed E-state index contributed by atoms with van der Waals surface area (Å²) in [6.45, 7) is 12.8. The molecule has 1 amide bonds. The molecule has 1 N–H and O–H groups in total. The third-order valence-corrected chi connectivity index (χ3v) is 6.62. The van der Waals surface area contributed by atoms with Crippen LogP contribution in [-0.4, -0.2) is 93.0 Å². The zero-order chi connectivity index (χ0) is 21.6. The van der Waals surface area contributed by atoms with Gasteiger partial charge in [0.1, 0.15) is 0 Å². The number of carbonyl (C=O) groups excluding carboxylic acids is 1. The fourth-order valence-electron chi connectivity index (χ4n) is 5.17. The number of nitrogens with one attached hydrogen (secondary N) is 1. The van der Waals surface area contributed by atoms with Gasteiger partial charge in [0.25, 0.3) is 0 Å². The van der Waals surface area contributed by atoms with Crippen LogP contribution in [0.3, 0.4) is 0 Å². The molecule has 0 aromatic heterocycles. The highest BCUT2D eigenvalue weighted by Crippen LogP contribution is 2.22. The standard InChI is InChI=1S/C24H38N4O3/c1-19-16-26(17-20(2)31-19)18-23-4-3-10-27(23)11-9-24(29)25-21-5-7-22(8-6-21)28-12-14-30-15-13-28/h5-8,19-20,23H,3-4,9-18H2,1-2H3,(H,25,29). The van der Waals surface area contributed by atoms with Crippen molar-refractivity contribution in [1.29, 1.82) is 0 Å². The van der Waals surface area contributed by atoms with Crippen LogP contribution in [0.1, 0.15) is 33.1 Å². The summed E-state index contributed by atoms with van der Waals surface area (Å²) in [7, 11) is 0. The maximum Gasteiger partial charge on any atom is 0.225 e. The SMILES string of the molecule is CC1CN(CC2CCCN2CCC(=O)Nc2ccc(N3CCOCC3)cc2)CC(C)O1. The predicted molar refractivity (Wildman–Crippen MR) is 124 cm³/mol. The lowest BCUT2D eigenvalue weighted by molar-refractivity contribution is -0.116. The van der Waals surface area contributed by atoms with Crippen molar-refractivity contribution in [2.45, 2.75) is 51.4 Å². The molecule has 31 heavy (non-hydrogen) atoms.